The van der Waals surface area contributed by atoms with E-state index in [1.54, 1.807) is 36.4 Å². The first-order valence-corrected chi connectivity index (χ1v) is 10.7. The minimum Gasteiger partial charge on any atom is -0.497 e. The lowest BCUT2D eigenvalue weighted by Crippen LogP contribution is -2.28. The van der Waals surface area contributed by atoms with Gasteiger partial charge in [0.25, 0.3) is 11.6 Å². The van der Waals surface area contributed by atoms with E-state index in [0.29, 0.717) is 22.3 Å². The summed E-state index contributed by atoms with van der Waals surface area (Å²) in [4.78, 5) is 30.5. The largest absolute Gasteiger partial charge is 0.497 e. The van der Waals surface area contributed by atoms with Gasteiger partial charge in [-0.2, -0.15) is 0 Å². The number of amides is 1. The zero-order valence-electron chi connectivity index (χ0n) is 17.5. The average molecular weight is 449 g/mol. The van der Waals surface area contributed by atoms with E-state index in [2.05, 4.69) is 4.99 Å². The van der Waals surface area contributed by atoms with Crippen LogP contribution in [0, 0.1) is 10.1 Å². The molecule has 0 atom stereocenters. The highest BCUT2D eigenvalue weighted by atomic mass is 32.2. The SMILES string of the molecule is CCN1C(=O)/C(=C\c2cccn2-c2cccc([N+](=O)[O-])c2)SC1=Nc1ccc(OC)cc1. The van der Waals surface area contributed by atoms with Gasteiger partial charge in [0.1, 0.15) is 5.75 Å². The number of benzene rings is 2. The molecule has 0 saturated carbocycles. The van der Waals surface area contributed by atoms with Gasteiger partial charge in [-0.25, -0.2) is 4.99 Å². The van der Waals surface area contributed by atoms with Gasteiger partial charge in [0.05, 0.1) is 28.3 Å². The predicted molar refractivity (Wildman–Crippen MR) is 125 cm³/mol. The lowest BCUT2D eigenvalue weighted by atomic mass is 10.2. The number of carbonyl (C=O) groups is 1. The first kappa shape index (κ1) is 21.4. The summed E-state index contributed by atoms with van der Waals surface area (Å²) in [5, 5.41) is 11.7. The summed E-state index contributed by atoms with van der Waals surface area (Å²) in [5.74, 6) is 0.607. The highest BCUT2D eigenvalue weighted by Crippen LogP contribution is 2.34. The third-order valence-corrected chi connectivity index (χ3v) is 5.89. The predicted octanol–water partition coefficient (Wildman–Crippen LogP) is 5.02. The normalized spacial score (nSPS) is 16.2. The van der Waals surface area contributed by atoms with Crippen molar-refractivity contribution in [3.63, 3.8) is 0 Å². The van der Waals surface area contributed by atoms with Crippen LogP contribution >= 0.6 is 11.8 Å². The molecular weight excluding hydrogens is 428 g/mol. The lowest BCUT2D eigenvalue weighted by Gasteiger charge is -2.12. The van der Waals surface area contributed by atoms with Gasteiger partial charge in [-0.3, -0.25) is 19.8 Å². The highest BCUT2D eigenvalue weighted by molar-refractivity contribution is 8.18. The Balaban J connectivity index is 1.66. The summed E-state index contributed by atoms with van der Waals surface area (Å²) >= 11 is 1.30. The minimum atomic E-state index is -0.428. The zero-order chi connectivity index (χ0) is 22.7. The fourth-order valence-electron chi connectivity index (χ4n) is 3.28. The third kappa shape index (κ3) is 4.28. The summed E-state index contributed by atoms with van der Waals surface area (Å²) in [6.45, 7) is 2.39. The maximum Gasteiger partial charge on any atom is 0.271 e. The van der Waals surface area contributed by atoms with Crippen molar-refractivity contribution in [3.8, 4) is 11.4 Å². The van der Waals surface area contributed by atoms with Gasteiger partial charge in [-0.05, 0) is 67.2 Å². The number of nitro groups is 1. The van der Waals surface area contributed by atoms with Crippen molar-refractivity contribution < 1.29 is 14.5 Å². The van der Waals surface area contributed by atoms with Gasteiger partial charge in [0.15, 0.2) is 5.17 Å². The van der Waals surface area contributed by atoms with Gasteiger partial charge in [-0.15, -0.1) is 0 Å². The Morgan fingerprint density at radius 3 is 2.62 bits per heavy atom. The number of amidine groups is 1. The number of nitrogens with zero attached hydrogens (tertiary/aromatic N) is 4. The third-order valence-electron chi connectivity index (χ3n) is 4.88. The first-order chi connectivity index (χ1) is 15.5. The number of aliphatic imine (C=N–C) groups is 1. The van der Waals surface area contributed by atoms with E-state index in [9.17, 15) is 14.9 Å². The van der Waals surface area contributed by atoms with E-state index in [1.807, 2.05) is 47.9 Å². The molecule has 1 aromatic heterocycles. The lowest BCUT2D eigenvalue weighted by molar-refractivity contribution is -0.384. The highest BCUT2D eigenvalue weighted by Gasteiger charge is 2.32. The molecule has 3 aromatic rings. The summed E-state index contributed by atoms with van der Waals surface area (Å²) in [7, 11) is 1.60. The van der Waals surface area contributed by atoms with Crippen LogP contribution in [0.1, 0.15) is 12.6 Å². The Hall–Kier alpha value is -3.85. The number of aromatic nitrogens is 1. The maximum atomic E-state index is 13.0. The quantitative estimate of drug-likeness (QED) is 0.300. The molecule has 0 bridgehead atoms. The molecule has 9 heteroatoms. The van der Waals surface area contributed by atoms with E-state index in [1.165, 1.54) is 23.9 Å². The van der Waals surface area contributed by atoms with E-state index < -0.39 is 4.92 Å². The van der Waals surface area contributed by atoms with Crippen LogP contribution in [0.5, 0.6) is 5.75 Å². The number of non-ortho nitro benzene ring substituents is 1. The molecule has 8 nitrogen and oxygen atoms in total. The van der Waals surface area contributed by atoms with Crippen LogP contribution in [0.15, 0.2) is 76.8 Å². The Kier molecular flexibility index (Phi) is 6.09. The molecule has 4 rings (SSSR count). The Bertz CT molecular complexity index is 1230. The topological polar surface area (TPSA) is 90.0 Å². The number of hydrogen-bond acceptors (Lipinski definition) is 6. The second kappa shape index (κ2) is 9.11. The summed E-state index contributed by atoms with van der Waals surface area (Å²) in [6.07, 6.45) is 3.59. The second-order valence-corrected chi connectivity index (χ2v) is 7.84. The van der Waals surface area contributed by atoms with Crippen molar-refractivity contribution in [2.24, 2.45) is 4.99 Å². The van der Waals surface area contributed by atoms with Crippen LogP contribution in [0.4, 0.5) is 11.4 Å². The molecule has 2 aromatic carbocycles. The van der Waals surface area contributed by atoms with Gasteiger partial charge >= 0.3 is 0 Å². The van der Waals surface area contributed by atoms with E-state index in [-0.39, 0.29) is 11.6 Å². The van der Waals surface area contributed by atoms with E-state index in [0.717, 1.165) is 17.1 Å². The summed E-state index contributed by atoms with van der Waals surface area (Å²) < 4.78 is 6.98. The molecule has 0 spiro atoms. The number of hydrogen-bond donors (Lipinski definition) is 0. The first-order valence-electron chi connectivity index (χ1n) is 9.86. The number of thioether (sulfide) groups is 1. The van der Waals surface area contributed by atoms with Gasteiger partial charge < -0.3 is 9.30 Å². The molecule has 0 unspecified atom stereocenters. The second-order valence-electron chi connectivity index (χ2n) is 6.83. The average Bonchev–Trinajstić information content (AvgIpc) is 3.38. The molecule has 1 aliphatic rings. The molecular formula is C23H20N4O4S. The van der Waals surface area contributed by atoms with Gasteiger partial charge in [0, 0.05) is 30.6 Å². The maximum absolute atomic E-state index is 13.0. The number of carbonyl (C=O) groups excluding carboxylic acids is 1. The Labute approximate surface area is 189 Å². The Morgan fingerprint density at radius 1 is 1.16 bits per heavy atom. The monoisotopic (exact) mass is 448 g/mol. The molecule has 1 aliphatic heterocycles. The van der Waals surface area contributed by atoms with Crippen LogP contribution in [-0.4, -0.2) is 39.1 Å². The van der Waals surface area contributed by atoms with Gasteiger partial charge in [0.2, 0.25) is 0 Å². The molecule has 32 heavy (non-hydrogen) atoms. The fraction of sp³-hybridized carbons (Fsp3) is 0.130. The van der Waals surface area contributed by atoms with Crippen molar-refractivity contribution in [2.45, 2.75) is 6.92 Å². The number of ether oxygens (including phenoxy) is 1. The van der Waals surface area contributed by atoms with Crippen molar-refractivity contribution in [1.29, 1.82) is 0 Å². The van der Waals surface area contributed by atoms with Crippen molar-refractivity contribution in [2.75, 3.05) is 13.7 Å². The molecule has 0 N–H and O–H groups in total. The fourth-order valence-corrected chi connectivity index (χ4v) is 4.32. The smallest absolute Gasteiger partial charge is 0.271 e. The summed E-state index contributed by atoms with van der Waals surface area (Å²) in [6, 6.07) is 17.4. The van der Waals surface area contributed by atoms with E-state index >= 15 is 0 Å². The molecule has 0 aliphatic carbocycles. The summed E-state index contributed by atoms with van der Waals surface area (Å²) in [5.41, 5.74) is 2.11. The van der Waals surface area contributed by atoms with Gasteiger partial charge in [-0.1, -0.05) is 6.07 Å². The van der Waals surface area contributed by atoms with Crippen LogP contribution in [0.25, 0.3) is 11.8 Å². The molecule has 0 radical (unpaired) electrons. The number of likely N-dealkylation sites (N-methyl/N-ethyl adjacent to an activating group) is 1. The van der Waals surface area contributed by atoms with Crippen LogP contribution < -0.4 is 4.74 Å². The zero-order valence-corrected chi connectivity index (χ0v) is 18.3. The number of rotatable bonds is 6. The molecule has 1 saturated heterocycles. The van der Waals surface area contributed by atoms with Crippen molar-refractivity contribution in [3.05, 3.63) is 87.6 Å². The number of nitro benzene ring substituents is 1. The molecule has 1 amide bonds. The minimum absolute atomic E-state index is 0.00666. The number of methoxy groups -OCH3 is 1. The van der Waals surface area contributed by atoms with Crippen LogP contribution in [0.3, 0.4) is 0 Å². The Morgan fingerprint density at radius 2 is 1.94 bits per heavy atom. The van der Waals surface area contributed by atoms with Crippen LogP contribution in [0.2, 0.25) is 0 Å². The molecule has 2 heterocycles. The van der Waals surface area contributed by atoms with Crippen molar-refractivity contribution in [1.82, 2.24) is 9.47 Å². The van der Waals surface area contributed by atoms with E-state index in [4.69, 9.17) is 4.74 Å². The standard InChI is InChI=1S/C23H20N4O4S/c1-3-25-22(28)21(32-23(25)24-16-9-11-20(31-2)12-10-16)15-18-8-5-13-26(18)17-6-4-7-19(14-17)27(29)30/h4-15H,3H2,1-2H3/b21-15+,24-23?. The van der Waals surface area contributed by atoms with Crippen molar-refractivity contribution >= 4 is 40.3 Å². The molecule has 1 fully saturated rings. The van der Waals surface area contributed by atoms with Crippen LogP contribution in [-0.2, 0) is 4.79 Å². The molecule has 162 valence electrons.